The number of piperidine rings is 1. The molecular weight excluding hydrogens is 356 g/mol. The van der Waals surface area contributed by atoms with Crippen LogP contribution in [0.1, 0.15) is 19.3 Å². The third-order valence-electron chi connectivity index (χ3n) is 4.54. The molecule has 5 N–H and O–H groups in total. The molecular formula is C17H28N4O4S. The largest absolute Gasteiger partial charge is 0.399 e. The maximum absolute atomic E-state index is 11.0. The highest BCUT2D eigenvalue weighted by atomic mass is 32.2. The molecule has 0 saturated carbocycles. The van der Waals surface area contributed by atoms with E-state index in [1.54, 1.807) is 23.9 Å². The normalized spacial score (nSPS) is 20.8. The predicted molar refractivity (Wildman–Crippen MR) is 106 cm³/mol. The Bertz CT molecular complexity index is 590. The van der Waals surface area contributed by atoms with Gasteiger partial charge in [0.25, 0.3) is 5.69 Å². The Kier molecular flexibility index (Phi) is 8.43. The van der Waals surface area contributed by atoms with Crippen LogP contribution in [0, 0.1) is 10.1 Å². The molecule has 2 rings (SSSR count). The summed E-state index contributed by atoms with van der Waals surface area (Å²) in [6.07, 6.45) is 2.14. The van der Waals surface area contributed by atoms with Crippen LogP contribution in [-0.2, 0) is 0 Å². The molecule has 1 aliphatic rings. The van der Waals surface area contributed by atoms with Crippen molar-refractivity contribution in [1.29, 1.82) is 0 Å². The smallest absolute Gasteiger partial charge is 0.294 e. The summed E-state index contributed by atoms with van der Waals surface area (Å²) in [6.45, 7) is 2.49. The van der Waals surface area contributed by atoms with Crippen LogP contribution in [0.25, 0.3) is 0 Å². The predicted octanol–water partition coefficient (Wildman–Crippen LogP) is 1.53. The van der Waals surface area contributed by atoms with Crippen LogP contribution >= 0.6 is 11.8 Å². The number of anilines is 2. The summed E-state index contributed by atoms with van der Waals surface area (Å²) >= 11 is 1.79. The summed E-state index contributed by atoms with van der Waals surface area (Å²) in [7, 11) is 0. The van der Waals surface area contributed by atoms with Crippen LogP contribution < -0.4 is 11.1 Å². The molecule has 146 valence electrons. The van der Waals surface area contributed by atoms with Gasteiger partial charge in [0, 0.05) is 36.6 Å². The monoisotopic (exact) mass is 384 g/mol. The minimum atomic E-state index is -0.432. The van der Waals surface area contributed by atoms with Gasteiger partial charge >= 0.3 is 0 Å². The summed E-state index contributed by atoms with van der Waals surface area (Å²) in [6, 6.07) is 4.72. The molecule has 0 amide bonds. The Morgan fingerprint density at radius 1 is 1.42 bits per heavy atom. The number of nitro groups is 1. The van der Waals surface area contributed by atoms with Gasteiger partial charge in [-0.2, -0.15) is 11.8 Å². The zero-order valence-electron chi connectivity index (χ0n) is 14.8. The number of benzene rings is 1. The van der Waals surface area contributed by atoms with Gasteiger partial charge in [-0.25, -0.2) is 0 Å². The highest BCUT2D eigenvalue weighted by molar-refractivity contribution is 7.99. The molecule has 1 saturated heterocycles. The third-order valence-corrected chi connectivity index (χ3v) is 5.61. The Morgan fingerprint density at radius 2 is 2.23 bits per heavy atom. The maximum Gasteiger partial charge on any atom is 0.294 e. The minimum absolute atomic E-state index is 0.00247. The average Bonchev–Trinajstić information content (AvgIpc) is 2.62. The Labute approximate surface area is 157 Å². The van der Waals surface area contributed by atoms with E-state index in [0.29, 0.717) is 24.3 Å². The quantitative estimate of drug-likeness (QED) is 0.207. The number of aliphatic hydroxyl groups is 2. The van der Waals surface area contributed by atoms with E-state index < -0.39 is 4.92 Å². The lowest BCUT2D eigenvalue weighted by Crippen LogP contribution is -2.46. The second-order valence-electron chi connectivity index (χ2n) is 6.48. The summed E-state index contributed by atoms with van der Waals surface area (Å²) in [5, 5.41) is 33.2. The topological polar surface area (TPSA) is 125 Å². The highest BCUT2D eigenvalue weighted by Crippen LogP contribution is 2.26. The SMILES string of the molecule is Nc1ccc(NCCSCCCN2CCC(O)CC2CO)c([N+](=O)[O-])c1. The van der Waals surface area contributed by atoms with Gasteiger partial charge in [0.2, 0.25) is 0 Å². The highest BCUT2D eigenvalue weighted by Gasteiger charge is 2.26. The lowest BCUT2D eigenvalue weighted by Gasteiger charge is -2.36. The van der Waals surface area contributed by atoms with E-state index in [9.17, 15) is 20.3 Å². The van der Waals surface area contributed by atoms with Gasteiger partial charge in [-0.15, -0.1) is 0 Å². The van der Waals surface area contributed by atoms with E-state index in [4.69, 9.17) is 5.73 Å². The zero-order valence-corrected chi connectivity index (χ0v) is 15.7. The average molecular weight is 385 g/mol. The number of nitrogens with zero attached hydrogens (tertiary/aromatic N) is 2. The number of nitrogens with one attached hydrogen (secondary N) is 1. The first-order valence-corrected chi connectivity index (χ1v) is 10.0. The molecule has 1 fully saturated rings. The molecule has 1 aromatic rings. The number of hydrogen-bond acceptors (Lipinski definition) is 8. The number of nitro benzene ring substituents is 1. The number of thioether (sulfide) groups is 1. The molecule has 0 bridgehead atoms. The first-order chi connectivity index (χ1) is 12.5. The van der Waals surface area contributed by atoms with Gasteiger partial charge in [0.05, 0.1) is 17.6 Å². The summed E-state index contributed by atoms with van der Waals surface area (Å²) < 4.78 is 0. The number of hydrogen-bond donors (Lipinski definition) is 4. The van der Waals surface area contributed by atoms with Gasteiger partial charge in [-0.05, 0) is 43.7 Å². The molecule has 0 spiro atoms. The number of nitrogens with two attached hydrogens (primary N) is 1. The van der Waals surface area contributed by atoms with Crippen molar-refractivity contribution < 1.29 is 15.1 Å². The van der Waals surface area contributed by atoms with Crippen LogP contribution in [0.3, 0.4) is 0 Å². The van der Waals surface area contributed by atoms with Crippen LogP contribution in [0.4, 0.5) is 17.1 Å². The molecule has 8 nitrogen and oxygen atoms in total. The molecule has 2 atom stereocenters. The molecule has 26 heavy (non-hydrogen) atoms. The fourth-order valence-corrected chi connectivity index (χ4v) is 3.93. The van der Waals surface area contributed by atoms with E-state index in [2.05, 4.69) is 10.2 Å². The van der Waals surface area contributed by atoms with Crippen molar-refractivity contribution in [3.8, 4) is 0 Å². The lowest BCUT2D eigenvalue weighted by atomic mass is 10.00. The Balaban J connectivity index is 1.62. The summed E-state index contributed by atoms with van der Waals surface area (Å²) in [4.78, 5) is 12.9. The first-order valence-electron chi connectivity index (χ1n) is 8.89. The second-order valence-corrected chi connectivity index (χ2v) is 7.70. The van der Waals surface area contributed by atoms with Crippen molar-refractivity contribution >= 4 is 28.8 Å². The fourth-order valence-electron chi connectivity index (χ4n) is 3.14. The first kappa shape index (κ1) is 20.8. The van der Waals surface area contributed by atoms with Crippen molar-refractivity contribution in [1.82, 2.24) is 4.90 Å². The number of aliphatic hydroxyl groups excluding tert-OH is 2. The van der Waals surface area contributed by atoms with Crippen LogP contribution in [0.5, 0.6) is 0 Å². The van der Waals surface area contributed by atoms with E-state index in [-0.39, 0.29) is 24.4 Å². The van der Waals surface area contributed by atoms with Gasteiger partial charge < -0.3 is 21.3 Å². The fraction of sp³-hybridized carbons (Fsp3) is 0.647. The van der Waals surface area contributed by atoms with Crippen molar-refractivity contribution in [2.45, 2.75) is 31.4 Å². The van der Waals surface area contributed by atoms with Gasteiger partial charge in [-0.3, -0.25) is 15.0 Å². The number of likely N-dealkylation sites (tertiary alicyclic amines) is 1. The standard InChI is InChI=1S/C17H28N4O4S/c18-13-2-3-16(17(10-13)21(24)25)19-5-9-26-8-1-6-20-7-4-15(23)11-14(20)12-22/h2-3,10,14-15,19,22-23H,1,4-9,11-12,18H2. The van der Waals surface area contributed by atoms with E-state index >= 15 is 0 Å². The maximum atomic E-state index is 11.0. The van der Waals surface area contributed by atoms with E-state index in [1.807, 2.05) is 0 Å². The zero-order chi connectivity index (χ0) is 18.9. The van der Waals surface area contributed by atoms with Crippen LogP contribution in [0.2, 0.25) is 0 Å². The molecule has 1 heterocycles. The summed E-state index contributed by atoms with van der Waals surface area (Å²) in [5.41, 5.74) is 6.46. The number of nitrogen functional groups attached to an aromatic ring is 1. The third kappa shape index (κ3) is 6.31. The van der Waals surface area contributed by atoms with E-state index in [1.165, 1.54) is 6.07 Å². The minimum Gasteiger partial charge on any atom is -0.399 e. The van der Waals surface area contributed by atoms with Crippen LogP contribution in [-0.4, -0.2) is 69.9 Å². The van der Waals surface area contributed by atoms with Gasteiger partial charge in [0.1, 0.15) is 5.69 Å². The Hall–Kier alpha value is -1.55. The summed E-state index contributed by atoms with van der Waals surface area (Å²) in [5.74, 6) is 1.84. The van der Waals surface area contributed by atoms with Crippen molar-refractivity contribution in [2.75, 3.05) is 48.8 Å². The van der Waals surface area contributed by atoms with Crippen molar-refractivity contribution in [3.05, 3.63) is 28.3 Å². The van der Waals surface area contributed by atoms with Gasteiger partial charge in [-0.1, -0.05) is 0 Å². The molecule has 9 heteroatoms. The lowest BCUT2D eigenvalue weighted by molar-refractivity contribution is -0.383. The molecule has 0 radical (unpaired) electrons. The molecule has 0 aliphatic carbocycles. The van der Waals surface area contributed by atoms with E-state index in [0.717, 1.165) is 37.4 Å². The van der Waals surface area contributed by atoms with Gasteiger partial charge in [0.15, 0.2) is 0 Å². The van der Waals surface area contributed by atoms with Crippen LogP contribution in [0.15, 0.2) is 18.2 Å². The van der Waals surface area contributed by atoms with Crippen molar-refractivity contribution in [2.24, 2.45) is 0 Å². The molecule has 1 aromatic carbocycles. The molecule has 2 unspecified atom stereocenters. The Morgan fingerprint density at radius 3 is 2.96 bits per heavy atom. The molecule has 0 aromatic heterocycles. The number of rotatable bonds is 10. The second kappa shape index (κ2) is 10.6. The van der Waals surface area contributed by atoms with Crippen molar-refractivity contribution in [3.63, 3.8) is 0 Å². The molecule has 1 aliphatic heterocycles.